The van der Waals surface area contributed by atoms with Crippen molar-refractivity contribution in [1.82, 2.24) is 0 Å². The summed E-state index contributed by atoms with van der Waals surface area (Å²) in [5.41, 5.74) is 0. The van der Waals surface area contributed by atoms with Gasteiger partial charge in [-0.2, -0.15) is 0 Å². The molecular formula is C12H13BrO2S. The summed E-state index contributed by atoms with van der Waals surface area (Å²) >= 11 is 5.08. The van der Waals surface area contributed by atoms with Gasteiger partial charge in [0.25, 0.3) is 0 Å². The smallest absolute Gasteiger partial charge is 0.330 e. The third-order valence-electron chi connectivity index (χ3n) is 1.68. The van der Waals surface area contributed by atoms with Gasteiger partial charge in [-0.15, -0.1) is 11.8 Å². The maximum atomic E-state index is 11.0. The van der Waals surface area contributed by atoms with E-state index >= 15 is 0 Å². The van der Waals surface area contributed by atoms with Gasteiger partial charge < -0.3 is 4.74 Å². The molecule has 1 aromatic carbocycles. The Morgan fingerprint density at radius 1 is 1.56 bits per heavy atom. The number of hydrogen-bond donors (Lipinski definition) is 0. The Morgan fingerprint density at radius 3 is 3.06 bits per heavy atom. The second kappa shape index (κ2) is 7.52. The molecule has 0 saturated heterocycles. The van der Waals surface area contributed by atoms with Crippen molar-refractivity contribution in [3.8, 4) is 0 Å². The highest BCUT2D eigenvalue weighted by molar-refractivity contribution is 9.10. The van der Waals surface area contributed by atoms with Gasteiger partial charge in [0, 0.05) is 21.2 Å². The average molecular weight is 301 g/mol. The van der Waals surface area contributed by atoms with Crippen LogP contribution in [0.5, 0.6) is 0 Å². The molecule has 0 spiro atoms. The SMILES string of the molecule is CCOC(=O)/C=C/CSc1cccc(Br)c1. The lowest BCUT2D eigenvalue weighted by molar-refractivity contribution is -0.137. The van der Waals surface area contributed by atoms with Crippen molar-refractivity contribution in [3.63, 3.8) is 0 Å². The van der Waals surface area contributed by atoms with Crippen LogP contribution in [0.2, 0.25) is 0 Å². The summed E-state index contributed by atoms with van der Waals surface area (Å²) in [6, 6.07) is 8.05. The van der Waals surface area contributed by atoms with E-state index in [0.29, 0.717) is 6.61 Å². The first-order valence-corrected chi connectivity index (χ1v) is 6.72. The van der Waals surface area contributed by atoms with Crippen LogP contribution in [0, 0.1) is 0 Å². The third-order valence-corrected chi connectivity index (χ3v) is 3.12. The Hall–Kier alpha value is -0.740. The van der Waals surface area contributed by atoms with Crippen LogP contribution in [-0.2, 0) is 9.53 Å². The molecule has 0 aliphatic rings. The summed E-state index contributed by atoms with van der Waals surface area (Å²) in [6.07, 6.45) is 3.28. The molecule has 0 unspecified atom stereocenters. The topological polar surface area (TPSA) is 26.3 Å². The van der Waals surface area contributed by atoms with Crippen molar-refractivity contribution in [1.29, 1.82) is 0 Å². The predicted molar refractivity (Wildman–Crippen MR) is 70.6 cm³/mol. The van der Waals surface area contributed by atoms with Crippen molar-refractivity contribution in [2.24, 2.45) is 0 Å². The van der Waals surface area contributed by atoms with E-state index in [2.05, 4.69) is 15.9 Å². The molecule has 1 rings (SSSR count). The van der Waals surface area contributed by atoms with Crippen LogP contribution in [0.1, 0.15) is 6.92 Å². The standard InChI is InChI=1S/C12H13BrO2S/c1-2-15-12(14)7-4-8-16-11-6-3-5-10(13)9-11/h3-7,9H,2,8H2,1H3/b7-4+. The van der Waals surface area contributed by atoms with Gasteiger partial charge in [-0.1, -0.05) is 28.1 Å². The molecule has 0 aliphatic heterocycles. The number of halogens is 1. The molecule has 0 amide bonds. The normalized spacial score (nSPS) is 10.6. The average Bonchev–Trinajstić information content (AvgIpc) is 2.25. The fourth-order valence-electron chi connectivity index (χ4n) is 1.04. The van der Waals surface area contributed by atoms with Gasteiger partial charge in [-0.3, -0.25) is 0 Å². The molecule has 0 atom stereocenters. The summed E-state index contributed by atoms with van der Waals surface area (Å²) in [5.74, 6) is 0.479. The lowest BCUT2D eigenvalue weighted by atomic mass is 10.4. The molecule has 0 aromatic heterocycles. The number of rotatable bonds is 5. The molecule has 1 aromatic rings. The maximum absolute atomic E-state index is 11.0. The molecule has 0 aliphatic carbocycles. The second-order valence-corrected chi connectivity index (χ2v) is 4.93. The van der Waals surface area contributed by atoms with E-state index in [1.807, 2.05) is 30.3 Å². The predicted octanol–water partition coefficient (Wildman–Crippen LogP) is 3.66. The molecule has 0 radical (unpaired) electrons. The zero-order chi connectivity index (χ0) is 11.8. The van der Waals surface area contributed by atoms with E-state index in [0.717, 1.165) is 10.2 Å². The van der Waals surface area contributed by atoms with Crippen molar-refractivity contribution >= 4 is 33.7 Å². The minimum Gasteiger partial charge on any atom is -0.463 e. The minimum absolute atomic E-state index is 0.280. The lowest BCUT2D eigenvalue weighted by Crippen LogP contribution is -1.98. The van der Waals surface area contributed by atoms with E-state index < -0.39 is 0 Å². The Bertz CT molecular complexity index is 377. The minimum atomic E-state index is -0.280. The summed E-state index contributed by atoms with van der Waals surface area (Å²) in [5, 5.41) is 0. The molecule has 0 heterocycles. The molecule has 0 fully saturated rings. The van der Waals surface area contributed by atoms with Gasteiger partial charge in [-0.25, -0.2) is 4.79 Å². The summed E-state index contributed by atoms with van der Waals surface area (Å²) in [7, 11) is 0. The van der Waals surface area contributed by atoms with Crippen LogP contribution in [0.25, 0.3) is 0 Å². The zero-order valence-electron chi connectivity index (χ0n) is 8.98. The van der Waals surface area contributed by atoms with E-state index in [4.69, 9.17) is 4.74 Å². The quantitative estimate of drug-likeness (QED) is 0.471. The molecule has 4 heteroatoms. The highest BCUT2D eigenvalue weighted by Crippen LogP contribution is 2.21. The summed E-state index contributed by atoms with van der Waals surface area (Å²) in [6.45, 7) is 2.21. The third kappa shape index (κ3) is 5.37. The number of ether oxygens (including phenoxy) is 1. The van der Waals surface area contributed by atoms with Gasteiger partial charge in [0.15, 0.2) is 0 Å². The Kier molecular flexibility index (Phi) is 6.26. The van der Waals surface area contributed by atoms with Crippen molar-refractivity contribution < 1.29 is 9.53 Å². The van der Waals surface area contributed by atoms with Crippen molar-refractivity contribution in [2.45, 2.75) is 11.8 Å². The number of hydrogen-bond acceptors (Lipinski definition) is 3. The fraction of sp³-hybridized carbons (Fsp3) is 0.250. The van der Waals surface area contributed by atoms with E-state index in [1.165, 1.54) is 11.0 Å². The number of carbonyl (C=O) groups excluding carboxylic acids is 1. The van der Waals surface area contributed by atoms with Crippen LogP contribution in [0.4, 0.5) is 0 Å². The van der Waals surface area contributed by atoms with Gasteiger partial charge in [0.1, 0.15) is 0 Å². The molecule has 0 saturated carbocycles. The van der Waals surface area contributed by atoms with Crippen LogP contribution >= 0.6 is 27.7 Å². The van der Waals surface area contributed by atoms with Crippen LogP contribution in [-0.4, -0.2) is 18.3 Å². The van der Waals surface area contributed by atoms with Gasteiger partial charge >= 0.3 is 5.97 Å². The fourth-order valence-corrected chi connectivity index (χ4v) is 2.36. The summed E-state index contributed by atoms with van der Waals surface area (Å²) in [4.78, 5) is 12.2. The second-order valence-electron chi connectivity index (χ2n) is 2.92. The maximum Gasteiger partial charge on any atom is 0.330 e. The largest absolute Gasteiger partial charge is 0.463 e. The Balaban J connectivity index is 2.33. The molecular weight excluding hydrogens is 288 g/mol. The molecule has 16 heavy (non-hydrogen) atoms. The van der Waals surface area contributed by atoms with Gasteiger partial charge in [-0.05, 0) is 25.1 Å². The number of esters is 1. The highest BCUT2D eigenvalue weighted by Gasteiger charge is 1.95. The molecule has 2 nitrogen and oxygen atoms in total. The highest BCUT2D eigenvalue weighted by atomic mass is 79.9. The van der Waals surface area contributed by atoms with Gasteiger partial charge in [0.05, 0.1) is 6.61 Å². The number of benzene rings is 1. The number of carbonyl (C=O) groups is 1. The van der Waals surface area contributed by atoms with Crippen LogP contribution < -0.4 is 0 Å². The van der Waals surface area contributed by atoms with E-state index in [1.54, 1.807) is 18.7 Å². The summed E-state index contributed by atoms with van der Waals surface area (Å²) < 4.78 is 5.83. The van der Waals surface area contributed by atoms with Crippen molar-refractivity contribution in [2.75, 3.05) is 12.4 Å². The zero-order valence-corrected chi connectivity index (χ0v) is 11.4. The monoisotopic (exact) mass is 300 g/mol. The van der Waals surface area contributed by atoms with E-state index in [9.17, 15) is 4.79 Å². The van der Waals surface area contributed by atoms with Gasteiger partial charge in [0.2, 0.25) is 0 Å². The Labute approximate surface area is 108 Å². The Morgan fingerprint density at radius 2 is 2.38 bits per heavy atom. The van der Waals surface area contributed by atoms with Crippen LogP contribution in [0.3, 0.4) is 0 Å². The first-order chi connectivity index (χ1) is 7.72. The molecule has 0 bridgehead atoms. The lowest BCUT2D eigenvalue weighted by Gasteiger charge is -1.98. The first-order valence-electron chi connectivity index (χ1n) is 4.94. The van der Waals surface area contributed by atoms with Crippen molar-refractivity contribution in [3.05, 3.63) is 40.9 Å². The molecule has 0 N–H and O–H groups in total. The number of thioether (sulfide) groups is 1. The molecule has 86 valence electrons. The first kappa shape index (κ1) is 13.3. The van der Waals surface area contributed by atoms with E-state index in [-0.39, 0.29) is 5.97 Å². The van der Waals surface area contributed by atoms with Crippen LogP contribution in [0.15, 0.2) is 45.8 Å².